The van der Waals surface area contributed by atoms with Crippen LogP contribution < -0.4 is 10.6 Å². The lowest BCUT2D eigenvalue weighted by atomic mass is 9.81. The quantitative estimate of drug-likeness (QED) is 0.850. The number of nitrogens with two attached hydrogens (primary N) is 1. The molecule has 0 fully saturated rings. The van der Waals surface area contributed by atoms with Crippen molar-refractivity contribution in [2.24, 2.45) is 0 Å². The van der Waals surface area contributed by atoms with Crippen molar-refractivity contribution >= 4 is 22.2 Å². The number of benzene rings is 1. The monoisotopic (exact) mass is 368 g/mol. The summed E-state index contributed by atoms with van der Waals surface area (Å²) in [6, 6.07) is 8.13. The minimum atomic E-state index is -0.154. The fourth-order valence-corrected chi connectivity index (χ4v) is 5.39. The maximum Gasteiger partial charge on any atom is 0.256 e. The minimum absolute atomic E-state index is 0.0258. The molecule has 0 bridgehead atoms. The van der Waals surface area contributed by atoms with Crippen molar-refractivity contribution in [3.8, 4) is 6.07 Å². The summed E-state index contributed by atoms with van der Waals surface area (Å²) in [5.41, 5.74) is 4.34. The van der Waals surface area contributed by atoms with Crippen LogP contribution in [0.3, 0.4) is 0 Å². The smallest absolute Gasteiger partial charge is 0.256 e. The second-order valence-corrected chi connectivity index (χ2v) is 9.55. The summed E-state index contributed by atoms with van der Waals surface area (Å²) in [6.45, 7) is 12.7. The number of anilines is 1. The number of fused-ring (bicyclic) bond motifs is 1. The summed E-state index contributed by atoms with van der Waals surface area (Å²) in [5.74, 6) is -0.154. The van der Waals surface area contributed by atoms with Gasteiger partial charge in [0.15, 0.2) is 0 Å². The molecule has 136 valence electrons. The van der Waals surface area contributed by atoms with Gasteiger partial charge in [-0.05, 0) is 58.7 Å². The largest absolute Gasteiger partial charge is 0.333 e. The van der Waals surface area contributed by atoms with Crippen molar-refractivity contribution in [2.75, 3.05) is 5.32 Å². The maximum absolute atomic E-state index is 12.8. The minimum Gasteiger partial charge on any atom is -0.333 e. The topological polar surface area (TPSA) is 69.5 Å². The second-order valence-electron chi connectivity index (χ2n) is 8.53. The summed E-state index contributed by atoms with van der Waals surface area (Å²) in [7, 11) is 0. The Morgan fingerprint density at radius 2 is 1.96 bits per heavy atom. The van der Waals surface area contributed by atoms with Crippen LogP contribution in [0.5, 0.6) is 0 Å². The zero-order chi connectivity index (χ0) is 19.3. The van der Waals surface area contributed by atoms with E-state index < -0.39 is 0 Å². The van der Waals surface area contributed by atoms with Gasteiger partial charge >= 0.3 is 0 Å². The third-order valence-electron chi connectivity index (χ3n) is 4.94. The first-order chi connectivity index (χ1) is 12.0. The van der Waals surface area contributed by atoms with Gasteiger partial charge in [0.2, 0.25) is 0 Å². The maximum atomic E-state index is 12.8. The Hall–Kier alpha value is -2.16. The van der Waals surface area contributed by atoms with Crippen molar-refractivity contribution in [3.63, 3.8) is 0 Å². The molecule has 1 aliphatic heterocycles. The molecule has 1 aromatic carbocycles. The number of aryl methyl sites for hydroxylation is 2. The Morgan fingerprint density at radius 3 is 2.58 bits per heavy atom. The highest BCUT2D eigenvalue weighted by molar-refractivity contribution is 7.16. The molecular weight excluding hydrogens is 342 g/mol. The molecule has 0 radical (unpaired) electrons. The third kappa shape index (κ3) is 3.27. The molecule has 26 heavy (non-hydrogen) atoms. The number of nitrogens with one attached hydrogen (secondary N) is 1. The number of hydrogen-bond acceptors (Lipinski definition) is 3. The Balaban J connectivity index is 2.01. The van der Waals surface area contributed by atoms with E-state index in [-0.39, 0.29) is 17.0 Å². The van der Waals surface area contributed by atoms with E-state index >= 15 is 0 Å². The van der Waals surface area contributed by atoms with E-state index in [2.05, 4.69) is 44.4 Å². The van der Waals surface area contributed by atoms with E-state index in [9.17, 15) is 10.1 Å². The van der Waals surface area contributed by atoms with Gasteiger partial charge in [-0.1, -0.05) is 17.7 Å². The van der Waals surface area contributed by atoms with Crippen LogP contribution in [0.1, 0.15) is 65.2 Å². The highest BCUT2D eigenvalue weighted by atomic mass is 32.1. The van der Waals surface area contributed by atoms with Crippen molar-refractivity contribution < 1.29 is 10.1 Å². The summed E-state index contributed by atoms with van der Waals surface area (Å²) in [5, 5.41) is 15.8. The molecule has 0 saturated carbocycles. The van der Waals surface area contributed by atoms with Gasteiger partial charge in [0.1, 0.15) is 16.6 Å². The van der Waals surface area contributed by atoms with E-state index in [0.29, 0.717) is 16.1 Å². The number of nitriles is 1. The van der Waals surface area contributed by atoms with E-state index in [4.69, 9.17) is 0 Å². The summed E-state index contributed by atoms with van der Waals surface area (Å²) < 4.78 is 0. The molecule has 1 aliphatic rings. The van der Waals surface area contributed by atoms with Gasteiger partial charge in [-0.2, -0.15) is 5.26 Å². The molecule has 4 nitrogen and oxygen atoms in total. The molecule has 0 unspecified atom stereocenters. The van der Waals surface area contributed by atoms with Gasteiger partial charge in [0, 0.05) is 12.0 Å². The van der Waals surface area contributed by atoms with Crippen molar-refractivity contribution in [3.05, 3.63) is 50.9 Å². The molecule has 5 heteroatoms. The molecule has 2 heterocycles. The average Bonchev–Trinajstić information content (AvgIpc) is 2.82. The van der Waals surface area contributed by atoms with Gasteiger partial charge in [-0.25, -0.2) is 0 Å². The molecule has 0 aliphatic carbocycles. The molecule has 0 atom stereocenters. The van der Waals surface area contributed by atoms with Crippen LogP contribution in [0.2, 0.25) is 0 Å². The van der Waals surface area contributed by atoms with Crippen LogP contribution in [0.4, 0.5) is 5.00 Å². The summed E-state index contributed by atoms with van der Waals surface area (Å²) in [6.07, 6.45) is 0.824. The fourth-order valence-electron chi connectivity index (χ4n) is 4.15. The number of amides is 1. The van der Waals surface area contributed by atoms with E-state index in [1.54, 1.807) is 11.3 Å². The molecule has 0 spiro atoms. The van der Waals surface area contributed by atoms with Crippen LogP contribution >= 0.6 is 11.3 Å². The molecule has 1 amide bonds. The van der Waals surface area contributed by atoms with Gasteiger partial charge in [-0.3, -0.25) is 4.79 Å². The number of hydrogen-bond donors (Lipinski definition) is 2. The number of rotatable bonds is 2. The Morgan fingerprint density at radius 1 is 1.27 bits per heavy atom. The van der Waals surface area contributed by atoms with Crippen LogP contribution in [0, 0.1) is 25.2 Å². The van der Waals surface area contributed by atoms with Crippen LogP contribution in [-0.2, 0) is 12.0 Å². The first kappa shape index (κ1) is 18.6. The number of nitrogens with zero attached hydrogens (tertiary/aromatic N) is 1. The Labute approximate surface area is 159 Å². The first-order valence-electron chi connectivity index (χ1n) is 8.86. The van der Waals surface area contributed by atoms with Crippen LogP contribution in [-0.4, -0.2) is 11.4 Å². The van der Waals surface area contributed by atoms with Gasteiger partial charge in [-0.15, -0.1) is 11.3 Å². The average molecular weight is 369 g/mol. The number of thiophene rings is 1. The molecular formula is C21H26N3OS+. The van der Waals surface area contributed by atoms with Gasteiger partial charge in [0.25, 0.3) is 5.91 Å². The normalized spacial score (nSPS) is 17.3. The highest BCUT2D eigenvalue weighted by Gasteiger charge is 2.44. The summed E-state index contributed by atoms with van der Waals surface area (Å²) in [4.78, 5) is 14.0. The summed E-state index contributed by atoms with van der Waals surface area (Å²) >= 11 is 1.54. The number of carbonyl (C=O) groups is 1. The van der Waals surface area contributed by atoms with Gasteiger partial charge in [0.05, 0.1) is 16.0 Å². The predicted octanol–water partition coefficient (Wildman–Crippen LogP) is 3.62. The molecule has 3 N–H and O–H groups in total. The molecule has 0 saturated heterocycles. The third-order valence-corrected chi connectivity index (χ3v) is 6.43. The lowest BCUT2D eigenvalue weighted by molar-refractivity contribution is -0.789. The molecule has 1 aromatic heterocycles. The first-order valence-corrected chi connectivity index (χ1v) is 9.67. The molecule has 3 rings (SSSR count). The van der Waals surface area contributed by atoms with Crippen LogP contribution in [0.15, 0.2) is 18.2 Å². The fraction of sp³-hybridized carbons (Fsp3) is 0.429. The van der Waals surface area contributed by atoms with Crippen molar-refractivity contribution in [1.29, 1.82) is 5.26 Å². The standard InChI is InChI=1S/C21H25N3OS/c1-12-7-8-14(13(2)9-12)18(25)23-19-16(11-22)15-10-20(3,4)24-21(5,6)17(15)26-19/h7-9,24H,10H2,1-6H3,(H,23,25)/p+1. The number of carbonyl (C=O) groups excluding carboxylic acids is 1. The zero-order valence-corrected chi connectivity index (χ0v) is 17.1. The highest BCUT2D eigenvalue weighted by Crippen LogP contribution is 2.41. The Kier molecular flexibility index (Phi) is 4.46. The molecule has 2 aromatic rings. The lowest BCUT2D eigenvalue weighted by Gasteiger charge is -2.38. The number of quaternary nitrogens is 1. The van der Waals surface area contributed by atoms with E-state index in [0.717, 1.165) is 23.1 Å². The zero-order valence-electron chi connectivity index (χ0n) is 16.3. The SMILES string of the molecule is Cc1ccc(C(=O)Nc2sc3c(c2C#N)CC(C)(C)[NH2+]C3(C)C)c(C)c1. The lowest BCUT2D eigenvalue weighted by Crippen LogP contribution is -3.03. The van der Waals surface area contributed by atoms with E-state index in [1.807, 2.05) is 32.0 Å². The van der Waals surface area contributed by atoms with E-state index in [1.165, 1.54) is 4.88 Å². The van der Waals surface area contributed by atoms with Crippen molar-refractivity contribution in [1.82, 2.24) is 0 Å². The second kappa shape index (κ2) is 6.22. The van der Waals surface area contributed by atoms with Crippen LogP contribution in [0.25, 0.3) is 0 Å². The Bertz CT molecular complexity index is 931. The van der Waals surface area contributed by atoms with Crippen molar-refractivity contribution in [2.45, 2.75) is 59.0 Å². The predicted molar refractivity (Wildman–Crippen MR) is 106 cm³/mol. The van der Waals surface area contributed by atoms with Gasteiger partial charge < -0.3 is 10.6 Å².